The number of rotatable bonds is 7. The smallest absolute Gasteiger partial charge is 0.410 e. The van der Waals surface area contributed by atoms with Crippen LogP contribution in [0, 0.1) is 0 Å². The van der Waals surface area contributed by atoms with Gasteiger partial charge in [0.15, 0.2) is 5.96 Å². The molecule has 1 heterocycles. The van der Waals surface area contributed by atoms with Gasteiger partial charge in [0.05, 0.1) is 0 Å². The molecule has 0 aromatic carbocycles. The maximum Gasteiger partial charge on any atom is 0.410 e. The number of likely N-dealkylation sites (N-methyl/N-ethyl adjacent to an activating group) is 1. The molecule has 1 rings (SSSR count). The summed E-state index contributed by atoms with van der Waals surface area (Å²) in [6.07, 6.45) is 1.74. The Hall–Kier alpha value is -1.50. The van der Waals surface area contributed by atoms with E-state index in [1.807, 2.05) is 34.7 Å². The lowest BCUT2D eigenvalue weighted by Gasteiger charge is -2.29. The fourth-order valence-electron chi connectivity index (χ4n) is 3.40. The van der Waals surface area contributed by atoms with Gasteiger partial charge in [-0.25, -0.2) is 4.79 Å². The minimum absolute atomic E-state index is 0.0902. The van der Waals surface area contributed by atoms with Gasteiger partial charge in [-0.1, -0.05) is 13.8 Å². The van der Waals surface area contributed by atoms with Crippen molar-refractivity contribution >= 4 is 12.1 Å². The summed E-state index contributed by atoms with van der Waals surface area (Å²) in [7, 11) is 3.63. The van der Waals surface area contributed by atoms with Crippen LogP contribution in [0.2, 0.25) is 0 Å². The first-order valence-electron chi connectivity index (χ1n) is 10.3. The molecule has 7 heteroatoms. The van der Waals surface area contributed by atoms with E-state index < -0.39 is 5.60 Å². The molecule has 0 spiro atoms. The summed E-state index contributed by atoms with van der Waals surface area (Å²) in [4.78, 5) is 23.1. The summed E-state index contributed by atoms with van der Waals surface area (Å²) in [5.41, 5.74) is -0.470. The molecule has 1 fully saturated rings. The molecule has 1 aliphatic heterocycles. The van der Waals surface area contributed by atoms with Gasteiger partial charge in [-0.05, 0) is 53.6 Å². The lowest BCUT2D eigenvalue weighted by atomic mass is 10.2. The van der Waals surface area contributed by atoms with Crippen LogP contribution in [0.3, 0.4) is 0 Å². The molecule has 0 radical (unpaired) electrons. The molecular formula is C20H41N5O2. The summed E-state index contributed by atoms with van der Waals surface area (Å²) >= 11 is 0. The van der Waals surface area contributed by atoms with E-state index in [0.29, 0.717) is 6.04 Å². The van der Waals surface area contributed by atoms with E-state index in [0.717, 1.165) is 45.1 Å². The summed E-state index contributed by atoms with van der Waals surface area (Å²) in [5, 5.41) is 3.46. The Morgan fingerprint density at radius 2 is 1.96 bits per heavy atom. The fourth-order valence-corrected chi connectivity index (χ4v) is 3.40. The molecule has 0 aliphatic carbocycles. The Morgan fingerprint density at radius 1 is 1.33 bits per heavy atom. The van der Waals surface area contributed by atoms with Gasteiger partial charge in [-0.3, -0.25) is 9.89 Å². The number of likely N-dealkylation sites (tertiary alicyclic amines) is 1. The average molecular weight is 384 g/mol. The summed E-state index contributed by atoms with van der Waals surface area (Å²) in [6, 6.07) is 0.697. The van der Waals surface area contributed by atoms with Crippen molar-refractivity contribution in [1.82, 2.24) is 20.0 Å². The molecule has 2 atom stereocenters. The SMILES string of the molecule is CCN(CC)C1CCN(C(=NC)NCCC(C)N(C)C(=O)OC(C)(C)C)C1. The van der Waals surface area contributed by atoms with E-state index in [-0.39, 0.29) is 12.1 Å². The van der Waals surface area contributed by atoms with Crippen LogP contribution >= 0.6 is 0 Å². The maximum absolute atomic E-state index is 12.2. The van der Waals surface area contributed by atoms with Crippen LogP contribution in [-0.2, 0) is 4.74 Å². The number of carbonyl (C=O) groups excluding carboxylic acids is 1. The molecule has 27 heavy (non-hydrogen) atoms. The Morgan fingerprint density at radius 3 is 2.48 bits per heavy atom. The molecule has 1 aliphatic rings. The Kier molecular flexibility index (Phi) is 9.36. The zero-order valence-corrected chi connectivity index (χ0v) is 18.7. The van der Waals surface area contributed by atoms with Crippen LogP contribution in [0.4, 0.5) is 4.79 Å². The summed E-state index contributed by atoms with van der Waals surface area (Å²) in [6.45, 7) is 17.2. The van der Waals surface area contributed by atoms with Gasteiger partial charge in [0, 0.05) is 45.8 Å². The molecule has 1 saturated heterocycles. The molecule has 0 bridgehead atoms. The molecule has 7 nitrogen and oxygen atoms in total. The van der Waals surface area contributed by atoms with Crippen molar-refractivity contribution in [3.05, 3.63) is 0 Å². The molecule has 0 aromatic rings. The van der Waals surface area contributed by atoms with E-state index in [4.69, 9.17) is 4.74 Å². The average Bonchev–Trinajstić information content (AvgIpc) is 3.07. The fraction of sp³-hybridized carbons (Fsp3) is 0.900. The van der Waals surface area contributed by atoms with E-state index >= 15 is 0 Å². The minimum atomic E-state index is -0.470. The normalized spacial score (nSPS) is 19.4. The van der Waals surface area contributed by atoms with Crippen LogP contribution in [0.15, 0.2) is 4.99 Å². The highest BCUT2D eigenvalue weighted by Gasteiger charge is 2.28. The van der Waals surface area contributed by atoms with E-state index in [2.05, 4.69) is 34.0 Å². The minimum Gasteiger partial charge on any atom is -0.444 e. The molecule has 2 unspecified atom stereocenters. The van der Waals surface area contributed by atoms with Crippen LogP contribution in [-0.4, -0.2) is 91.3 Å². The predicted octanol–water partition coefficient (Wildman–Crippen LogP) is 2.62. The van der Waals surface area contributed by atoms with Crippen molar-refractivity contribution < 1.29 is 9.53 Å². The van der Waals surface area contributed by atoms with E-state index in [1.54, 1.807) is 11.9 Å². The van der Waals surface area contributed by atoms with Gasteiger partial charge in [0.2, 0.25) is 0 Å². The second kappa shape index (κ2) is 10.7. The number of nitrogens with one attached hydrogen (secondary N) is 1. The first kappa shape index (κ1) is 23.5. The predicted molar refractivity (Wildman–Crippen MR) is 112 cm³/mol. The first-order chi connectivity index (χ1) is 12.6. The van der Waals surface area contributed by atoms with Gasteiger partial charge >= 0.3 is 6.09 Å². The number of amides is 1. The second-order valence-corrected chi connectivity index (χ2v) is 8.31. The standard InChI is InChI=1S/C20H41N5O2/c1-9-24(10-2)17-12-14-25(15-17)18(21-7)22-13-11-16(3)23(8)19(26)27-20(4,5)6/h16-17H,9-15H2,1-8H3,(H,21,22). The summed E-state index contributed by atoms with van der Waals surface area (Å²) < 4.78 is 5.44. The third-order valence-corrected chi connectivity index (χ3v) is 5.19. The molecule has 0 saturated carbocycles. The molecule has 1 amide bonds. The quantitative estimate of drug-likeness (QED) is 0.541. The number of carbonyl (C=O) groups is 1. The van der Waals surface area contributed by atoms with Gasteiger partial charge in [0.1, 0.15) is 5.60 Å². The van der Waals surface area contributed by atoms with Crippen molar-refractivity contribution in [2.75, 3.05) is 46.8 Å². The monoisotopic (exact) mass is 383 g/mol. The van der Waals surface area contributed by atoms with Gasteiger partial charge in [-0.2, -0.15) is 0 Å². The van der Waals surface area contributed by atoms with Crippen molar-refractivity contribution in [2.24, 2.45) is 4.99 Å². The number of aliphatic imine (C=N–C) groups is 1. The van der Waals surface area contributed by atoms with Gasteiger partial charge < -0.3 is 19.9 Å². The van der Waals surface area contributed by atoms with Crippen molar-refractivity contribution in [1.29, 1.82) is 0 Å². The summed E-state index contributed by atoms with van der Waals surface area (Å²) in [5.74, 6) is 0.955. The van der Waals surface area contributed by atoms with Crippen molar-refractivity contribution in [3.8, 4) is 0 Å². The maximum atomic E-state index is 12.2. The van der Waals surface area contributed by atoms with E-state index in [9.17, 15) is 4.79 Å². The van der Waals surface area contributed by atoms with Crippen molar-refractivity contribution in [2.45, 2.75) is 72.1 Å². The second-order valence-electron chi connectivity index (χ2n) is 8.31. The number of guanidine groups is 1. The van der Waals surface area contributed by atoms with Crippen LogP contribution < -0.4 is 5.32 Å². The molecular weight excluding hydrogens is 342 g/mol. The van der Waals surface area contributed by atoms with Crippen LogP contribution in [0.25, 0.3) is 0 Å². The number of hydrogen-bond donors (Lipinski definition) is 1. The van der Waals surface area contributed by atoms with Crippen molar-refractivity contribution in [3.63, 3.8) is 0 Å². The third kappa shape index (κ3) is 7.56. The third-order valence-electron chi connectivity index (χ3n) is 5.19. The zero-order valence-electron chi connectivity index (χ0n) is 18.7. The van der Waals surface area contributed by atoms with E-state index in [1.165, 1.54) is 6.42 Å². The van der Waals surface area contributed by atoms with Gasteiger partial charge in [-0.15, -0.1) is 0 Å². The Labute approximate surface area is 166 Å². The first-order valence-corrected chi connectivity index (χ1v) is 10.3. The molecule has 1 N–H and O–H groups in total. The highest BCUT2D eigenvalue weighted by atomic mass is 16.6. The topological polar surface area (TPSA) is 60.4 Å². The highest BCUT2D eigenvalue weighted by Crippen LogP contribution is 2.16. The Balaban J connectivity index is 2.44. The number of ether oxygens (including phenoxy) is 1. The highest BCUT2D eigenvalue weighted by molar-refractivity contribution is 5.80. The van der Waals surface area contributed by atoms with Crippen LogP contribution in [0.1, 0.15) is 54.4 Å². The number of hydrogen-bond acceptors (Lipinski definition) is 4. The number of nitrogens with zero attached hydrogens (tertiary/aromatic N) is 4. The Bertz CT molecular complexity index is 485. The molecule has 158 valence electrons. The van der Waals surface area contributed by atoms with Gasteiger partial charge in [0.25, 0.3) is 0 Å². The molecule has 0 aromatic heterocycles. The largest absolute Gasteiger partial charge is 0.444 e. The van der Waals surface area contributed by atoms with Crippen LogP contribution in [0.5, 0.6) is 0 Å². The zero-order chi connectivity index (χ0) is 20.6. The lowest BCUT2D eigenvalue weighted by molar-refractivity contribution is 0.0230. The lowest BCUT2D eigenvalue weighted by Crippen LogP contribution is -2.45.